The molecule has 4 nitrogen and oxygen atoms in total. The van der Waals surface area contributed by atoms with Gasteiger partial charge in [0.25, 0.3) is 0 Å². The Hall–Kier alpha value is -0.610. The largest absolute Gasteiger partial charge is 0.394 e. The molecule has 1 amide bonds. The van der Waals surface area contributed by atoms with Gasteiger partial charge in [-0.3, -0.25) is 4.79 Å². The summed E-state index contributed by atoms with van der Waals surface area (Å²) >= 11 is 0. The first kappa shape index (κ1) is 37.4. The molecule has 38 heavy (non-hydrogen) atoms. The molecule has 0 aromatic rings. The van der Waals surface area contributed by atoms with E-state index in [9.17, 15) is 15.0 Å². The third kappa shape index (κ3) is 27.0. The molecule has 0 saturated heterocycles. The summed E-state index contributed by atoms with van der Waals surface area (Å²) in [5, 5.41) is 22.8. The van der Waals surface area contributed by atoms with E-state index in [1.54, 1.807) is 0 Å². The SMILES string of the molecule is CCCCCCCCCCCCCCCCCCCCCCCC(O)C(CO)NC(=O)CCCCCCC. The van der Waals surface area contributed by atoms with Crippen molar-refractivity contribution in [2.24, 2.45) is 0 Å². The van der Waals surface area contributed by atoms with Crippen molar-refractivity contribution in [2.75, 3.05) is 6.61 Å². The van der Waals surface area contributed by atoms with Crippen molar-refractivity contribution in [3.8, 4) is 0 Å². The molecule has 228 valence electrons. The van der Waals surface area contributed by atoms with Crippen molar-refractivity contribution in [1.29, 1.82) is 0 Å². The minimum absolute atomic E-state index is 0.0431. The van der Waals surface area contributed by atoms with Crippen LogP contribution >= 0.6 is 0 Å². The minimum atomic E-state index is -0.649. The van der Waals surface area contributed by atoms with Crippen molar-refractivity contribution in [1.82, 2.24) is 5.32 Å². The van der Waals surface area contributed by atoms with Gasteiger partial charge in [0.2, 0.25) is 5.91 Å². The predicted molar refractivity (Wildman–Crippen MR) is 166 cm³/mol. The van der Waals surface area contributed by atoms with Gasteiger partial charge in [0.05, 0.1) is 18.8 Å². The fraction of sp³-hybridized carbons (Fsp3) is 0.971. The molecule has 3 N–H and O–H groups in total. The highest BCUT2D eigenvalue weighted by molar-refractivity contribution is 5.76. The van der Waals surface area contributed by atoms with Gasteiger partial charge in [-0.05, 0) is 12.8 Å². The number of carbonyl (C=O) groups is 1. The van der Waals surface area contributed by atoms with Crippen molar-refractivity contribution in [3.63, 3.8) is 0 Å². The standard InChI is InChI=1S/C34H69NO3/c1-3-5-7-9-10-11-12-13-14-15-16-17-18-19-20-21-22-23-24-26-27-29-33(37)32(31-36)35-34(38)30-28-25-8-6-4-2/h32-33,36-37H,3-31H2,1-2H3,(H,35,38). The summed E-state index contributed by atoms with van der Waals surface area (Å²) < 4.78 is 0. The van der Waals surface area contributed by atoms with Gasteiger partial charge in [-0.1, -0.05) is 174 Å². The van der Waals surface area contributed by atoms with Crippen LogP contribution in [-0.2, 0) is 4.79 Å². The lowest BCUT2D eigenvalue weighted by molar-refractivity contribution is -0.123. The molecule has 0 radical (unpaired) electrons. The van der Waals surface area contributed by atoms with Crippen molar-refractivity contribution in [3.05, 3.63) is 0 Å². The Morgan fingerprint density at radius 1 is 0.526 bits per heavy atom. The number of aliphatic hydroxyl groups is 2. The Bertz CT molecular complexity index is 471. The van der Waals surface area contributed by atoms with Gasteiger partial charge in [0, 0.05) is 6.42 Å². The highest BCUT2D eigenvalue weighted by Gasteiger charge is 2.19. The first-order valence-electron chi connectivity index (χ1n) is 17.2. The summed E-state index contributed by atoms with van der Waals surface area (Å²) in [6.45, 7) is 4.28. The Kier molecular flexibility index (Phi) is 30.4. The number of rotatable bonds is 31. The van der Waals surface area contributed by atoms with Gasteiger partial charge in [0.15, 0.2) is 0 Å². The van der Waals surface area contributed by atoms with Crippen LogP contribution in [0, 0.1) is 0 Å². The molecule has 0 aliphatic heterocycles. The average Bonchev–Trinajstić information content (AvgIpc) is 2.92. The van der Waals surface area contributed by atoms with E-state index in [2.05, 4.69) is 19.2 Å². The zero-order valence-corrected chi connectivity index (χ0v) is 26.0. The van der Waals surface area contributed by atoms with Crippen LogP contribution in [0.3, 0.4) is 0 Å². The van der Waals surface area contributed by atoms with Crippen LogP contribution in [0.4, 0.5) is 0 Å². The number of amides is 1. The summed E-state index contributed by atoms with van der Waals surface area (Å²) in [5.41, 5.74) is 0. The van der Waals surface area contributed by atoms with E-state index in [4.69, 9.17) is 0 Å². The number of carbonyl (C=O) groups excluding carboxylic acids is 1. The van der Waals surface area contributed by atoms with E-state index in [0.717, 1.165) is 25.7 Å². The number of hydrogen-bond donors (Lipinski definition) is 3. The fourth-order valence-corrected chi connectivity index (χ4v) is 5.42. The highest BCUT2D eigenvalue weighted by atomic mass is 16.3. The summed E-state index contributed by atoms with van der Waals surface area (Å²) in [4.78, 5) is 12.1. The molecule has 0 fully saturated rings. The smallest absolute Gasteiger partial charge is 0.220 e. The number of unbranched alkanes of at least 4 members (excludes halogenated alkanes) is 24. The van der Waals surface area contributed by atoms with E-state index < -0.39 is 12.1 Å². The Morgan fingerprint density at radius 2 is 0.842 bits per heavy atom. The third-order valence-corrected chi connectivity index (χ3v) is 8.12. The van der Waals surface area contributed by atoms with Crippen LogP contribution in [0.5, 0.6) is 0 Å². The zero-order chi connectivity index (χ0) is 27.9. The first-order valence-corrected chi connectivity index (χ1v) is 17.2. The monoisotopic (exact) mass is 540 g/mol. The van der Waals surface area contributed by atoms with Gasteiger partial charge in [-0.15, -0.1) is 0 Å². The quantitative estimate of drug-likeness (QED) is 0.0768. The van der Waals surface area contributed by atoms with Crippen molar-refractivity contribution >= 4 is 5.91 Å². The van der Waals surface area contributed by atoms with Crippen LogP contribution in [0.1, 0.15) is 194 Å². The Morgan fingerprint density at radius 3 is 1.18 bits per heavy atom. The molecule has 0 aliphatic rings. The maximum atomic E-state index is 12.1. The van der Waals surface area contributed by atoms with Crippen molar-refractivity contribution < 1.29 is 15.0 Å². The Balaban J connectivity index is 3.40. The average molecular weight is 540 g/mol. The second-order valence-corrected chi connectivity index (χ2v) is 11.9. The normalized spacial score (nSPS) is 13.1. The van der Waals surface area contributed by atoms with Gasteiger partial charge >= 0.3 is 0 Å². The van der Waals surface area contributed by atoms with Gasteiger partial charge in [0.1, 0.15) is 0 Å². The van der Waals surface area contributed by atoms with Gasteiger partial charge < -0.3 is 15.5 Å². The molecule has 2 unspecified atom stereocenters. The third-order valence-electron chi connectivity index (χ3n) is 8.12. The molecule has 0 saturated carbocycles. The van der Waals surface area contributed by atoms with Crippen LogP contribution in [0.25, 0.3) is 0 Å². The second kappa shape index (κ2) is 30.9. The summed E-state index contributed by atoms with van der Waals surface area (Å²) in [7, 11) is 0. The number of nitrogens with one attached hydrogen (secondary N) is 1. The maximum absolute atomic E-state index is 12.1. The number of hydrogen-bond acceptors (Lipinski definition) is 3. The van der Waals surface area contributed by atoms with E-state index in [-0.39, 0.29) is 12.5 Å². The molecule has 0 spiro atoms. The summed E-state index contributed by atoms with van der Waals surface area (Å²) in [5.74, 6) is -0.0431. The van der Waals surface area contributed by atoms with Gasteiger partial charge in [-0.2, -0.15) is 0 Å². The molecule has 0 rings (SSSR count). The van der Waals surface area contributed by atoms with E-state index in [1.165, 1.54) is 141 Å². The molecule has 0 bridgehead atoms. The minimum Gasteiger partial charge on any atom is -0.394 e. The van der Waals surface area contributed by atoms with E-state index in [1.807, 2.05) is 0 Å². The first-order chi connectivity index (χ1) is 18.7. The fourth-order valence-electron chi connectivity index (χ4n) is 5.42. The van der Waals surface area contributed by atoms with Crippen molar-refractivity contribution in [2.45, 2.75) is 206 Å². The summed E-state index contributed by atoms with van der Waals surface area (Å²) in [6.07, 6.45) is 34.7. The van der Waals surface area contributed by atoms with Crippen LogP contribution in [0.2, 0.25) is 0 Å². The lowest BCUT2D eigenvalue weighted by Crippen LogP contribution is -2.45. The molecule has 0 aliphatic carbocycles. The summed E-state index contributed by atoms with van der Waals surface area (Å²) in [6, 6.07) is -0.525. The Labute approximate surface area is 238 Å². The van der Waals surface area contributed by atoms with Gasteiger partial charge in [-0.25, -0.2) is 0 Å². The van der Waals surface area contributed by atoms with E-state index >= 15 is 0 Å². The lowest BCUT2D eigenvalue weighted by atomic mass is 10.0. The number of aliphatic hydroxyl groups excluding tert-OH is 2. The lowest BCUT2D eigenvalue weighted by Gasteiger charge is -2.22. The van der Waals surface area contributed by atoms with Crippen LogP contribution in [-0.4, -0.2) is 34.9 Å². The van der Waals surface area contributed by atoms with Crippen LogP contribution < -0.4 is 5.32 Å². The molecule has 0 aromatic heterocycles. The molecular formula is C34H69NO3. The highest BCUT2D eigenvalue weighted by Crippen LogP contribution is 2.16. The van der Waals surface area contributed by atoms with Crippen LogP contribution in [0.15, 0.2) is 0 Å². The zero-order valence-electron chi connectivity index (χ0n) is 26.0. The molecular weight excluding hydrogens is 470 g/mol. The predicted octanol–water partition coefficient (Wildman–Crippen LogP) is 9.79. The topological polar surface area (TPSA) is 69.6 Å². The molecule has 4 heteroatoms. The molecule has 0 aromatic carbocycles. The molecule has 0 heterocycles. The maximum Gasteiger partial charge on any atom is 0.220 e. The van der Waals surface area contributed by atoms with E-state index in [0.29, 0.717) is 12.8 Å². The second-order valence-electron chi connectivity index (χ2n) is 11.9. The molecule has 2 atom stereocenters.